The lowest BCUT2D eigenvalue weighted by molar-refractivity contribution is 0.580. The first-order valence-electron chi connectivity index (χ1n) is 6.77. The molecule has 0 aliphatic heterocycles. The Hall–Kier alpha value is -2.24. The van der Waals surface area contributed by atoms with Crippen molar-refractivity contribution in [3.8, 4) is 0 Å². The van der Waals surface area contributed by atoms with Crippen LogP contribution in [0, 0.1) is 5.82 Å². The molecule has 0 amide bonds. The highest BCUT2D eigenvalue weighted by atomic mass is 32.2. The molecule has 0 aliphatic rings. The van der Waals surface area contributed by atoms with Crippen LogP contribution in [0.15, 0.2) is 71.6 Å². The fourth-order valence-corrected chi connectivity index (χ4v) is 3.30. The van der Waals surface area contributed by atoms with Gasteiger partial charge < -0.3 is 0 Å². The lowest BCUT2D eigenvalue weighted by atomic mass is 10.1. The second-order valence-electron chi connectivity index (χ2n) is 4.96. The molecule has 0 radical (unpaired) electrons. The summed E-state index contributed by atoms with van der Waals surface area (Å²) in [5.74, 6) is -0.387. The highest BCUT2D eigenvalue weighted by Gasteiger charge is 2.14. The number of sulfonamides is 1. The van der Waals surface area contributed by atoms with Crippen LogP contribution in [0.3, 0.4) is 0 Å². The molecular formula is C17H14FNO2S. The minimum Gasteiger partial charge on any atom is -0.207 e. The summed E-state index contributed by atoms with van der Waals surface area (Å²) in [6.45, 7) is 0.0485. The summed E-state index contributed by atoms with van der Waals surface area (Å²) >= 11 is 0. The van der Waals surface area contributed by atoms with Gasteiger partial charge >= 0.3 is 0 Å². The molecule has 5 heteroatoms. The Morgan fingerprint density at radius 3 is 2.41 bits per heavy atom. The molecule has 0 heterocycles. The molecule has 22 heavy (non-hydrogen) atoms. The fourth-order valence-electron chi connectivity index (χ4n) is 2.24. The molecule has 3 aromatic carbocycles. The van der Waals surface area contributed by atoms with Gasteiger partial charge in [-0.2, -0.15) is 0 Å². The highest BCUT2D eigenvalue weighted by molar-refractivity contribution is 7.89. The third-order valence-corrected chi connectivity index (χ3v) is 4.79. The molecule has 0 spiro atoms. The van der Waals surface area contributed by atoms with Crippen molar-refractivity contribution in [2.24, 2.45) is 0 Å². The second kappa shape index (κ2) is 5.87. The quantitative estimate of drug-likeness (QED) is 0.801. The van der Waals surface area contributed by atoms with Crippen LogP contribution < -0.4 is 4.72 Å². The molecule has 0 bridgehead atoms. The molecule has 0 saturated carbocycles. The summed E-state index contributed by atoms with van der Waals surface area (Å²) in [5.41, 5.74) is 0.573. The lowest BCUT2D eigenvalue weighted by Gasteiger charge is -2.08. The summed E-state index contributed by atoms with van der Waals surface area (Å²) in [5, 5.41) is 1.84. The lowest BCUT2D eigenvalue weighted by Crippen LogP contribution is -2.23. The van der Waals surface area contributed by atoms with Crippen LogP contribution in [0.1, 0.15) is 5.56 Å². The average Bonchev–Trinajstić information content (AvgIpc) is 2.53. The van der Waals surface area contributed by atoms with Gasteiger partial charge in [0, 0.05) is 6.54 Å². The minimum atomic E-state index is -3.64. The first kappa shape index (κ1) is 14.7. The number of hydrogen-bond donors (Lipinski definition) is 1. The SMILES string of the molecule is O=S(=O)(NCc1cccc(F)c1)c1ccc2ccccc2c1. The molecule has 112 valence electrons. The standard InChI is InChI=1S/C17H14FNO2S/c18-16-7-3-4-13(10-16)12-19-22(20,21)17-9-8-14-5-1-2-6-15(14)11-17/h1-11,19H,12H2. The van der Waals surface area contributed by atoms with E-state index >= 15 is 0 Å². The summed E-state index contributed by atoms with van der Waals surface area (Å²) < 4.78 is 40.3. The topological polar surface area (TPSA) is 46.2 Å². The third-order valence-electron chi connectivity index (χ3n) is 3.39. The Balaban J connectivity index is 1.85. The van der Waals surface area contributed by atoms with E-state index in [0.717, 1.165) is 10.8 Å². The van der Waals surface area contributed by atoms with Crippen LogP contribution in [0.5, 0.6) is 0 Å². The van der Waals surface area contributed by atoms with Gasteiger partial charge in [-0.3, -0.25) is 0 Å². The van der Waals surface area contributed by atoms with E-state index in [4.69, 9.17) is 0 Å². The van der Waals surface area contributed by atoms with Gasteiger partial charge in [0.25, 0.3) is 0 Å². The largest absolute Gasteiger partial charge is 0.240 e. The summed E-state index contributed by atoms with van der Waals surface area (Å²) in [6.07, 6.45) is 0. The number of nitrogens with one attached hydrogen (secondary N) is 1. The van der Waals surface area contributed by atoms with Crippen LogP contribution in [0.2, 0.25) is 0 Å². The molecule has 0 fully saturated rings. The molecule has 3 nitrogen and oxygen atoms in total. The van der Waals surface area contributed by atoms with Gasteiger partial charge in [0.2, 0.25) is 10.0 Å². The smallest absolute Gasteiger partial charge is 0.207 e. The van der Waals surface area contributed by atoms with Gasteiger partial charge in [0.05, 0.1) is 4.90 Å². The maximum Gasteiger partial charge on any atom is 0.240 e. The number of rotatable bonds is 4. The molecular weight excluding hydrogens is 301 g/mol. The average molecular weight is 315 g/mol. The normalized spacial score (nSPS) is 11.7. The van der Waals surface area contributed by atoms with Crippen LogP contribution in [-0.4, -0.2) is 8.42 Å². The van der Waals surface area contributed by atoms with E-state index in [0.29, 0.717) is 5.56 Å². The van der Waals surface area contributed by atoms with E-state index in [2.05, 4.69) is 4.72 Å². The Morgan fingerprint density at radius 2 is 1.64 bits per heavy atom. The van der Waals surface area contributed by atoms with Gasteiger partial charge in [-0.15, -0.1) is 0 Å². The van der Waals surface area contributed by atoms with Gasteiger partial charge in [0.1, 0.15) is 5.82 Å². The highest BCUT2D eigenvalue weighted by Crippen LogP contribution is 2.19. The maximum absolute atomic E-state index is 13.1. The molecule has 0 unspecified atom stereocenters. The Bertz CT molecular complexity index is 923. The number of fused-ring (bicyclic) bond motifs is 1. The Labute approximate surface area is 128 Å². The Morgan fingerprint density at radius 1 is 0.864 bits per heavy atom. The monoisotopic (exact) mass is 315 g/mol. The predicted octanol–water partition coefficient (Wildman–Crippen LogP) is 3.46. The molecule has 0 atom stereocenters. The zero-order valence-corrected chi connectivity index (χ0v) is 12.5. The zero-order valence-electron chi connectivity index (χ0n) is 11.7. The minimum absolute atomic E-state index is 0.0485. The first-order chi connectivity index (χ1) is 10.5. The van der Waals surface area contributed by atoms with Crippen molar-refractivity contribution < 1.29 is 12.8 Å². The summed E-state index contributed by atoms with van der Waals surface area (Å²) in [7, 11) is -3.64. The van der Waals surface area contributed by atoms with Crippen LogP contribution >= 0.6 is 0 Å². The molecule has 3 aromatic rings. The van der Waals surface area contributed by atoms with E-state index < -0.39 is 10.0 Å². The van der Waals surface area contributed by atoms with Crippen molar-refractivity contribution >= 4 is 20.8 Å². The second-order valence-corrected chi connectivity index (χ2v) is 6.73. The van der Waals surface area contributed by atoms with Gasteiger partial charge in [0.15, 0.2) is 0 Å². The Kier molecular flexibility index (Phi) is 3.92. The molecule has 0 aromatic heterocycles. The van der Waals surface area contributed by atoms with Crippen molar-refractivity contribution in [2.45, 2.75) is 11.4 Å². The summed E-state index contributed by atoms with van der Waals surface area (Å²) in [4.78, 5) is 0.197. The van der Waals surface area contributed by atoms with Crippen molar-refractivity contribution in [3.63, 3.8) is 0 Å². The maximum atomic E-state index is 13.1. The summed E-state index contributed by atoms with van der Waals surface area (Å²) in [6, 6.07) is 18.4. The van der Waals surface area contributed by atoms with E-state index in [1.165, 1.54) is 12.1 Å². The van der Waals surface area contributed by atoms with Crippen LogP contribution in [0.25, 0.3) is 10.8 Å². The van der Waals surface area contributed by atoms with E-state index in [9.17, 15) is 12.8 Å². The van der Waals surface area contributed by atoms with E-state index in [1.807, 2.05) is 24.3 Å². The van der Waals surface area contributed by atoms with Gasteiger partial charge in [-0.05, 0) is 40.6 Å². The molecule has 1 N–H and O–H groups in total. The fraction of sp³-hybridized carbons (Fsp3) is 0.0588. The van der Waals surface area contributed by atoms with Gasteiger partial charge in [-0.25, -0.2) is 17.5 Å². The first-order valence-corrected chi connectivity index (χ1v) is 8.26. The van der Waals surface area contributed by atoms with E-state index in [1.54, 1.807) is 30.3 Å². The molecule has 0 aliphatic carbocycles. The van der Waals surface area contributed by atoms with Crippen molar-refractivity contribution in [1.82, 2.24) is 4.72 Å². The van der Waals surface area contributed by atoms with Gasteiger partial charge in [-0.1, -0.05) is 42.5 Å². The van der Waals surface area contributed by atoms with Crippen LogP contribution in [0.4, 0.5) is 4.39 Å². The third kappa shape index (κ3) is 3.16. The number of halogens is 1. The molecule has 3 rings (SSSR count). The van der Waals surface area contributed by atoms with Crippen LogP contribution in [-0.2, 0) is 16.6 Å². The number of benzene rings is 3. The predicted molar refractivity (Wildman–Crippen MR) is 84.4 cm³/mol. The van der Waals surface area contributed by atoms with Crippen molar-refractivity contribution in [2.75, 3.05) is 0 Å². The zero-order chi connectivity index (χ0) is 15.6. The van der Waals surface area contributed by atoms with Crippen molar-refractivity contribution in [1.29, 1.82) is 0 Å². The van der Waals surface area contributed by atoms with E-state index in [-0.39, 0.29) is 17.3 Å². The van der Waals surface area contributed by atoms with Crippen molar-refractivity contribution in [3.05, 3.63) is 78.1 Å². The number of hydrogen-bond acceptors (Lipinski definition) is 2. The molecule has 0 saturated heterocycles.